The summed E-state index contributed by atoms with van der Waals surface area (Å²) in [5, 5.41) is 16.4. The number of hydrogen-bond acceptors (Lipinski definition) is 6. The largest absolute Gasteiger partial charge is 0.397 e. The third kappa shape index (κ3) is 3.01. The predicted molar refractivity (Wildman–Crippen MR) is 73.1 cm³/mol. The fourth-order valence-corrected chi connectivity index (χ4v) is 1.78. The molecule has 0 amide bonds. The number of oxime groups is 1. The zero-order chi connectivity index (χ0) is 14.5. The third-order valence-electron chi connectivity index (χ3n) is 2.92. The molecule has 0 aliphatic heterocycles. The molecule has 0 aliphatic carbocycles. The molecule has 0 bridgehead atoms. The van der Waals surface area contributed by atoms with Crippen LogP contribution in [0.2, 0.25) is 0 Å². The molecule has 2 rings (SSSR count). The first-order valence-electron chi connectivity index (χ1n) is 6.48. The lowest BCUT2D eigenvalue weighted by Crippen LogP contribution is -2.20. The summed E-state index contributed by atoms with van der Waals surface area (Å²) in [7, 11) is 3.39. The smallest absolute Gasteiger partial charge is 0.239 e. The molecular formula is C12H19N7O. The van der Waals surface area contributed by atoms with Crippen molar-refractivity contribution in [1.29, 1.82) is 0 Å². The van der Waals surface area contributed by atoms with Crippen LogP contribution in [-0.2, 0) is 18.3 Å². The van der Waals surface area contributed by atoms with Gasteiger partial charge in [-0.15, -0.1) is 10.2 Å². The van der Waals surface area contributed by atoms with Gasteiger partial charge in [-0.25, -0.2) is 4.98 Å². The van der Waals surface area contributed by atoms with Gasteiger partial charge in [0.25, 0.3) is 0 Å². The Kier molecular flexibility index (Phi) is 4.44. The minimum Gasteiger partial charge on any atom is -0.397 e. The molecule has 20 heavy (non-hydrogen) atoms. The molecule has 0 fully saturated rings. The lowest BCUT2D eigenvalue weighted by atomic mass is 10.1. The highest BCUT2D eigenvalue weighted by molar-refractivity contribution is 5.96. The molecule has 108 valence electrons. The van der Waals surface area contributed by atoms with Crippen LogP contribution in [0.15, 0.2) is 17.8 Å². The molecule has 0 saturated carbocycles. The normalized spacial score (nSPS) is 12.2. The van der Waals surface area contributed by atoms with Gasteiger partial charge in [0.05, 0.1) is 0 Å². The summed E-state index contributed by atoms with van der Waals surface area (Å²) in [5.74, 6) is 2.59. The van der Waals surface area contributed by atoms with Gasteiger partial charge in [-0.3, -0.25) is 0 Å². The fraction of sp³-hybridized carbons (Fsp3) is 0.583. The number of aromatic nitrogens is 6. The second-order valence-electron chi connectivity index (χ2n) is 4.87. The van der Waals surface area contributed by atoms with E-state index in [1.54, 1.807) is 6.33 Å². The van der Waals surface area contributed by atoms with Crippen molar-refractivity contribution in [2.75, 3.05) is 7.11 Å². The summed E-state index contributed by atoms with van der Waals surface area (Å²) < 4.78 is 3.40. The van der Waals surface area contributed by atoms with E-state index in [-0.39, 0.29) is 0 Å². The Morgan fingerprint density at radius 1 is 1.40 bits per heavy atom. The van der Waals surface area contributed by atoms with Crippen LogP contribution < -0.4 is 0 Å². The standard InChI is InChI=1S/C12H19N7O/c1-9(2)5-6-10-15-16-11(18(10)3)12(17-20-4)19-8-13-7-14-19/h7-9H,5-6H2,1-4H3. The Hall–Kier alpha value is -2.25. The van der Waals surface area contributed by atoms with Crippen LogP contribution in [0.5, 0.6) is 0 Å². The maximum atomic E-state index is 4.86. The van der Waals surface area contributed by atoms with Crippen molar-refractivity contribution in [2.45, 2.75) is 26.7 Å². The molecule has 2 aromatic heterocycles. The topological polar surface area (TPSA) is 83.0 Å². The second kappa shape index (κ2) is 6.27. The first kappa shape index (κ1) is 14.2. The maximum absolute atomic E-state index is 4.86. The van der Waals surface area contributed by atoms with Crippen LogP contribution in [0.25, 0.3) is 0 Å². The van der Waals surface area contributed by atoms with E-state index in [0.717, 1.165) is 18.7 Å². The van der Waals surface area contributed by atoms with Gasteiger partial charge >= 0.3 is 0 Å². The van der Waals surface area contributed by atoms with Crippen LogP contribution in [0.4, 0.5) is 0 Å². The van der Waals surface area contributed by atoms with Crippen molar-refractivity contribution in [3.8, 4) is 0 Å². The van der Waals surface area contributed by atoms with Crippen molar-refractivity contribution in [1.82, 2.24) is 29.5 Å². The van der Waals surface area contributed by atoms with Gasteiger partial charge in [-0.1, -0.05) is 19.0 Å². The lowest BCUT2D eigenvalue weighted by molar-refractivity contribution is 0.211. The molecule has 2 aromatic rings. The van der Waals surface area contributed by atoms with Gasteiger partial charge in [0.15, 0.2) is 0 Å². The van der Waals surface area contributed by atoms with Crippen molar-refractivity contribution in [3.63, 3.8) is 0 Å². The van der Waals surface area contributed by atoms with Gasteiger partial charge in [0, 0.05) is 13.5 Å². The molecule has 0 aromatic carbocycles. The minimum absolute atomic E-state index is 0.454. The van der Waals surface area contributed by atoms with E-state index >= 15 is 0 Å². The third-order valence-corrected chi connectivity index (χ3v) is 2.92. The van der Waals surface area contributed by atoms with Crippen molar-refractivity contribution in [3.05, 3.63) is 24.3 Å². The first-order valence-corrected chi connectivity index (χ1v) is 6.48. The van der Waals surface area contributed by atoms with Crippen LogP contribution in [0.3, 0.4) is 0 Å². The Bertz CT molecular complexity index is 571. The molecule has 0 unspecified atom stereocenters. The fourth-order valence-electron chi connectivity index (χ4n) is 1.78. The molecule has 0 aliphatic rings. The van der Waals surface area contributed by atoms with E-state index < -0.39 is 0 Å². The SMILES string of the molecule is CON=C(c1nnc(CCC(C)C)n1C)n1cncn1. The molecule has 0 atom stereocenters. The first-order chi connectivity index (χ1) is 9.63. The molecule has 8 heteroatoms. The van der Waals surface area contributed by atoms with E-state index in [2.05, 4.69) is 39.3 Å². The summed E-state index contributed by atoms with van der Waals surface area (Å²) >= 11 is 0. The summed E-state index contributed by atoms with van der Waals surface area (Å²) in [6.07, 6.45) is 4.91. The van der Waals surface area contributed by atoms with Gasteiger partial charge in [0.2, 0.25) is 11.7 Å². The number of aryl methyl sites for hydroxylation is 1. The second-order valence-corrected chi connectivity index (χ2v) is 4.87. The van der Waals surface area contributed by atoms with Crippen LogP contribution in [-0.4, -0.2) is 42.5 Å². The number of nitrogens with zero attached hydrogens (tertiary/aromatic N) is 7. The number of hydrogen-bond donors (Lipinski definition) is 0. The Balaban J connectivity index is 2.29. The molecular weight excluding hydrogens is 258 g/mol. The molecule has 8 nitrogen and oxygen atoms in total. The molecule has 0 spiro atoms. The minimum atomic E-state index is 0.454. The Morgan fingerprint density at radius 2 is 2.20 bits per heavy atom. The Morgan fingerprint density at radius 3 is 2.80 bits per heavy atom. The van der Waals surface area contributed by atoms with Gasteiger partial charge < -0.3 is 9.40 Å². The zero-order valence-corrected chi connectivity index (χ0v) is 12.2. The van der Waals surface area contributed by atoms with Crippen molar-refractivity contribution >= 4 is 5.84 Å². The molecule has 0 saturated heterocycles. The van der Waals surface area contributed by atoms with E-state index in [1.807, 2.05) is 11.6 Å². The summed E-state index contributed by atoms with van der Waals surface area (Å²) in [4.78, 5) is 8.77. The van der Waals surface area contributed by atoms with Crippen molar-refractivity contribution < 1.29 is 4.84 Å². The van der Waals surface area contributed by atoms with E-state index in [9.17, 15) is 0 Å². The predicted octanol–water partition coefficient (Wildman–Crippen LogP) is 0.851. The highest BCUT2D eigenvalue weighted by Gasteiger charge is 2.17. The molecule has 0 N–H and O–H groups in total. The van der Waals surface area contributed by atoms with E-state index in [1.165, 1.54) is 18.1 Å². The van der Waals surface area contributed by atoms with Crippen LogP contribution >= 0.6 is 0 Å². The van der Waals surface area contributed by atoms with Gasteiger partial charge in [-0.2, -0.15) is 9.78 Å². The number of rotatable bonds is 5. The molecule has 2 heterocycles. The Labute approximate surface area is 117 Å². The van der Waals surface area contributed by atoms with Gasteiger partial charge in [-0.05, 0) is 12.3 Å². The molecule has 0 radical (unpaired) electrons. The summed E-state index contributed by atoms with van der Waals surface area (Å²) in [5.41, 5.74) is 0. The van der Waals surface area contributed by atoms with Crippen LogP contribution in [0.1, 0.15) is 31.9 Å². The summed E-state index contributed by atoms with van der Waals surface area (Å²) in [6.45, 7) is 4.37. The average Bonchev–Trinajstić information content (AvgIpc) is 3.04. The van der Waals surface area contributed by atoms with Gasteiger partial charge in [0.1, 0.15) is 25.6 Å². The average molecular weight is 277 g/mol. The van der Waals surface area contributed by atoms with E-state index in [4.69, 9.17) is 4.84 Å². The zero-order valence-electron chi connectivity index (χ0n) is 12.2. The maximum Gasteiger partial charge on any atom is 0.239 e. The highest BCUT2D eigenvalue weighted by atomic mass is 16.6. The van der Waals surface area contributed by atoms with E-state index in [0.29, 0.717) is 17.6 Å². The quantitative estimate of drug-likeness (QED) is 0.459. The van der Waals surface area contributed by atoms with Crippen molar-refractivity contribution in [2.24, 2.45) is 18.1 Å². The summed E-state index contributed by atoms with van der Waals surface area (Å²) in [6, 6.07) is 0. The lowest BCUT2D eigenvalue weighted by Gasteiger charge is -2.07. The van der Waals surface area contributed by atoms with Crippen LogP contribution in [0, 0.1) is 5.92 Å². The monoisotopic (exact) mass is 277 g/mol. The highest BCUT2D eigenvalue weighted by Crippen LogP contribution is 2.09.